The summed E-state index contributed by atoms with van der Waals surface area (Å²) >= 11 is 0. The summed E-state index contributed by atoms with van der Waals surface area (Å²) in [4.78, 5) is 11.3. The first kappa shape index (κ1) is 18.0. The maximum Gasteiger partial charge on any atom is 0.227 e. The molecule has 0 bridgehead atoms. The van der Waals surface area contributed by atoms with E-state index in [-0.39, 0.29) is 5.79 Å². The quantitative estimate of drug-likeness (QED) is 0.838. The lowest BCUT2D eigenvalue weighted by Gasteiger charge is -2.37. The summed E-state index contributed by atoms with van der Waals surface area (Å²) in [6, 6.07) is 9.99. The van der Waals surface area contributed by atoms with Crippen LogP contribution < -0.4 is 15.0 Å². The van der Waals surface area contributed by atoms with E-state index in [2.05, 4.69) is 26.3 Å². The first-order chi connectivity index (χ1) is 13.3. The molecule has 2 aliphatic rings. The molecule has 0 radical (unpaired) electrons. The Morgan fingerprint density at radius 2 is 1.93 bits per heavy atom. The molecular weight excluding hydrogens is 344 g/mol. The van der Waals surface area contributed by atoms with Crippen molar-refractivity contribution in [1.29, 1.82) is 0 Å². The molecule has 0 unspecified atom stereocenters. The van der Waals surface area contributed by atoms with Crippen molar-refractivity contribution in [2.24, 2.45) is 0 Å². The lowest BCUT2D eigenvalue weighted by atomic mass is 10.0. The molecule has 7 nitrogen and oxygen atoms in total. The minimum absolute atomic E-state index is 0.374. The lowest BCUT2D eigenvalue weighted by Crippen LogP contribution is -2.45. The monoisotopic (exact) mass is 370 g/mol. The van der Waals surface area contributed by atoms with Crippen LogP contribution >= 0.6 is 0 Å². The molecule has 1 aromatic heterocycles. The Morgan fingerprint density at radius 1 is 1.15 bits per heavy atom. The van der Waals surface area contributed by atoms with Crippen molar-refractivity contribution in [3.63, 3.8) is 0 Å². The third kappa shape index (κ3) is 4.14. The fraction of sp³-hybridized carbons (Fsp3) is 0.500. The number of hydrogen-bond donors (Lipinski definition) is 1. The summed E-state index contributed by atoms with van der Waals surface area (Å²) < 4.78 is 17.0. The highest BCUT2D eigenvalue weighted by Crippen LogP contribution is 2.32. The summed E-state index contributed by atoms with van der Waals surface area (Å²) in [7, 11) is 1.70. The second-order valence-electron chi connectivity index (χ2n) is 6.83. The van der Waals surface area contributed by atoms with Crippen LogP contribution in [0.5, 0.6) is 5.75 Å². The van der Waals surface area contributed by atoms with Gasteiger partial charge < -0.3 is 24.4 Å². The maximum absolute atomic E-state index is 5.79. The van der Waals surface area contributed by atoms with Gasteiger partial charge in [-0.25, -0.2) is 4.98 Å². The number of piperidine rings is 1. The molecule has 0 saturated carbocycles. The number of nitrogens with zero attached hydrogens (tertiary/aromatic N) is 3. The Labute approximate surface area is 159 Å². The van der Waals surface area contributed by atoms with Gasteiger partial charge in [-0.15, -0.1) is 0 Å². The van der Waals surface area contributed by atoms with Gasteiger partial charge in [-0.05, 0) is 24.1 Å². The molecule has 3 heterocycles. The van der Waals surface area contributed by atoms with E-state index < -0.39 is 0 Å². The molecule has 27 heavy (non-hydrogen) atoms. The molecule has 4 rings (SSSR count). The standard InChI is InChI=1S/C20H26N4O3/c1-25-17-5-3-2-4-16(17)6-10-21-18-7-11-22-19(23-18)24-12-8-20(9-13-24)26-14-15-27-20/h2-5,7,11H,6,8-10,12-15H2,1H3,(H,21,22,23). The number of nitrogens with one attached hydrogen (secondary N) is 1. The SMILES string of the molecule is COc1ccccc1CCNc1ccnc(N2CCC3(CC2)OCCO3)n1. The Kier molecular flexibility index (Phi) is 5.40. The second kappa shape index (κ2) is 8.10. The zero-order valence-electron chi connectivity index (χ0n) is 15.7. The van der Waals surface area contributed by atoms with Crippen LogP contribution in [0, 0.1) is 0 Å². The van der Waals surface area contributed by atoms with Crippen LogP contribution in [0.4, 0.5) is 11.8 Å². The van der Waals surface area contributed by atoms with Gasteiger partial charge in [0.2, 0.25) is 5.95 Å². The minimum Gasteiger partial charge on any atom is -0.496 e. The van der Waals surface area contributed by atoms with Gasteiger partial charge >= 0.3 is 0 Å². The van der Waals surface area contributed by atoms with Crippen LogP contribution in [0.25, 0.3) is 0 Å². The lowest BCUT2D eigenvalue weighted by molar-refractivity contribution is -0.169. The van der Waals surface area contributed by atoms with Crippen LogP contribution in [-0.4, -0.2) is 55.7 Å². The van der Waals surface area contributed by atoms with Crippen molar-refractivity contribution < 1.29 is 14.2 Å². The molecule has 0 amide bonds. The van der Waals surface area contributed by atoms with Crippen LogP contribution in [0.15, 0.2) is 36.5 Å². The highest BCUT2D eigenvalue weighted by Gasteiger charge is 2.40. The smallest absolute Gasteiger partial charge is 0.227 e. The number of anilines is 2. The number of para-hydroxylation sites is 1. The van der Waals surface area contributed by atoms with Gasteiger partial charge in [0.15, 0.2) is 5.79 Å². The molecule has 2 aromatic rings. The first-order valence-corrected chi connectivity index (χ1v) is 9.50. The van der Waals surface area contributed by atoms with Gasteiger partial charge in [-0.1, -0.05) is 18.2 Å². The molecule has 1 spiro atoms. The Bertz CT molecular complexity index is 754. The summed E-state index contributed by atoms with van der Waals surface area (Å²) in [6.07, 6.45) is 4.37. The van der Waals surface area contributed by atoms with Crippen molar-refractivity contribution in [2.45, 2.75) is 25.0 Å². The van der Waals surface area contributed by atoms with Gasteiger partial charge in [0, 0.05) is 38.7 Å². The molecule has 0 aliphatic carbocycles. The summed E-state index contributed by atoms with van der Waals surface area (Å²) in [6.45, 7) is 3.85. The van der Waals surface area contributed by atoms with E-state index >= 15 is 0 Å². The average Bonchev–Trinajstić information content (AvgIpc) is 3.17. The molecule has 144 valence electrons. The average molecular weight is 370 g/mol. The van der Waals surface area contributed by atoms with Crippen molar-refractivity contribution in [1.82, 2.24) is 9.97 Å². The Hall–Kier alpha value is -2.38. The maximum atomic E-state index is 5.79. The van der Waals surface area contributed by atoms with Gasteiger partial charge in [-0.3, -0.25) is 0 Å². The van der Waals surface area contributed by atoms with E-state index in [0.717, 1.165) is 56.4 Å². The van der Waals surface area contributed by atoms with E-state index in [4.69, 9.17) is 14.2 Å². The number of aromatic nitrogens is 2. The number of ether oxygens (including phenoxy) is 3. The third-order valence-electron chi connectivity index (χ3n) is 5.16. The van der Waals surface area contributed by atoms with E-state index in [1.54, 1.807) is 13.3 Å². The van der Waals surface area contributed by atoms with Crippen LogP contribution in [-0.2, 0) is 15.9 Å². The summed E-state index contributed by atoms with van der Waals surface area (Å²) in [5.41, 5.74) is 1.18. The summed E-state index contributed by atoms with van der Waals surface area (Å²) in [5.74, 6) is 2.14. The Balaban J connectivity index is 1.33. The second-order valence-corrected chi connectivity index (χ2v) is 6.83. The molecule has 1 N–H and O–H groups in total. The number of methoxy groups -OCH3 is 1. The highest BCUT2D eigenvalue weighted by atomic mass is 16.7. The normalized spacial score (nSPS) is 18.6. The molecule has 0 atom stereocenters. The predicted molar refractivity (Wildman–Crippen MR) is 103 cm³/mol. The van der Waals surface area contributed by atoms with E-state index in [1.165, 1.54) is 5.56 Å². The van der Waals surface area contributed by atoms with Crippen molar-refractivity contribution in [3.05, 3.63) is 42.1 Å². The number of benzene rings is 1. The molecule has 1 aromatic carbocycles. The number of rotatable bonds is 6. The van der Waals surface area contributed by atoms with Crippen molar-refractivity contribution in [2.75, 3.05) is 50.2 Å². The molecular formula is C20H26N4O3. The van der Waals surface area contributed by atoms with Crippen molar-refractivity contribution in [3.8, 4) is 5.75 Å². The minimum atomic E-state index is -0.374. The zero-order valence-corrected chi connectivity index (χ0v) is 15.7. The number of hydrogen-bond acceptors (Lipinski definition) is 7. The van der Waals surface area contributed by atoms with Gasteiger partial charge in [0.05, 0.1) is 20.3 Å². The predicted octanol–water partition coefficient (Wildman–Crippen LogP) is 2.48. The molecule has 7 heteroatoms. The van der Waals surface area contributed by atoms with Crippen LogP contribution in [0.2, 0.25) is 0 Å². The van der Waals surface area contributed by atoms with Crippen molar-refractivity contribution >= 4 is 11.8 Å². The van der Waals surface area contributed by atoms with E-state index in [9.17, 15) is 0 Å². The van der Waals surface area contributed by atoms with Crippen LogP contribution in [0.1, 0.15) is 18.4 Å². The van der Waals surface area contributed by atoms with E-state index in [1.807, 2.05) is 24.3 Å². The molecule has 2 saturated heterocycles. The fourth-order valence-electron chi connectivity index (χ4n) is 3.67. The van der Waals surface area contributed by atoms with Gasteiger partial charge in [0.25, 0.3) is 0 Å². The third-order valence-corrected chi connectivity index (χ3v) is 5.16. The first-order valence-electron chi connectivity index (χ1n) is 9.50. The highest BCUT2D eigenvalue weighted by molar-refractivity contribution is 5.42. The van der Waals surface area contributed by atoms with Gasteiger partial charge in [0.1, 0.15) is 11.6 Å². The largest absolute Gasteiger partial charge is 0.496 e. The Morgan fingerprint density at radius 3 is 2.70 bits per heavy atom. The summed E-state index contributed by atoms with van der Waals surface area (Å²) in [5, 5.41) is 3.39. The van der Waals surface area contributed by atoms with E-state index in [0.29, 0.717) is 13.2 Å². The topological polar surface area (TPSA) is 68.7 Å². The van der Waals surface area contributed by atoms with Gasteiger partial charge in [-0.2, -0.15) is 4.98 Å². The fourth-order valence-corrected chi connectivity index (χ4v) is 3.67. The molecule has 2 fully saturated rings. The van der Waals surface area contributed by atoms with Crippen LogP contribution in [0.3, 0.4) is 0 Å². The molecule has 2 aliphatic heterocycles. The zero-order chi connectivity index (χ0) is 18.5.